The number of halogens is 3. The third-order valence-electron chi connectivity index (χ3n) is 5.25. The number of likely N-dealkylation sites (tertiary alicyclic amines) is 1. The average Bonchev–Trinajstić information content (AvgIpc) is 2.96. The zero-order chi connectivity index (χ0) is 21.1. The smallest absolute Gasteiger partial charge is 0.475 e. The number of benzene rings is 1. The molecule has 1 aromatic carbocycles. The minimum Gasteiger partial charge on any atom is -0.475 e. The molecule has 5 nitrogen and oxygen atoms in total. The summed E-state index contributed by atoms with van der Waals surface area (Å²) in [4.78, 5) is 25.6. The van der Waals surface area contributed by atoms with E-state index in [-0.39, 0.29) is 11.3 Å². The Labute approximate surface area is 162 Å². The van der Waals surface area contributed by atoms with E-state index in [0.29, 0.717) is 0 Å². The van der Waals surface area contributed by atoms with Gasteiger partial charge in [-0.25, -0.2) is 4.79 Å². The fourth-order valence-corrected chi connectivity index (χ4v) is 3.68. The number of fused-ring (bicyclic) bond motifs is 2. The van der Waals surface area contributed by atoms with Crippen molar-refractivity contribution in [3.8, 4) is 0 Å². The summed E-state index contributed by atoms with van der Waals surface area (Å²) in [6, 6.07) is 8.45. The number of hydrogen-bond donors (Lipinski definition) is 1. The van der Waals surface area contributed by atoms with Crippen LogP contribution in [0.4, 0.5) is 13.2 Å². The molecular formula is C20H25F3N2O3. The lowest BCUT2D eigenvalue weighted by Crippen LogP contribution is -2.40. The Hall–Kier alpha value is -2.35. The molecule has 1 spiro atoms. The average molecular weight is 398 g/mol. The number of rotatable bonds is 2. The minimum absolute atomic E-state index is 0.0727. The van der Waals surface area contributed by atoms with Gasteiger partial charge in [0.2, 0.25) is 0 Å². The van der Waals surface area contributed by atoms with Crippen LogP contribution in [0.3, 0.4) is 0 Å². The summed E-state index contributed by atoms with van der Waals surface area (Å²) in [6.45, 7) is 5.57. The van der Waals surface area contributed by atoms with E-state index in [4.69, 9.17) is 9.90 Å². The van der Waals surface area contributed by atoms with Crippen molar-refractivity contribution in [1.82, 2.24) is 9.80 Å². The minimum atomic E-state index is -5.08. The molecule has 1 aliphatic heterocycles. The van der Waals surface area contributed by atoms with E-state index in [2.05, 4.69) is 36.1 Å². The molecule has 8 heteroatoms. The zero-order valence-corrected chi connectivity index (χ0v) is 16.2. The molecule has 0 atom stereocenters. The predicted molar refractivity (Wildman–Crippen MR) is 99.8 cm³/mol. The highest BCUT2D eigenvalue weighted by Gasteiger charge is 2.42. The van der Waals surface area contributed by atoms with Gasteiger partial charge in [-0.05, 0) is 43.6 Å². The Bertz CT molecular complexity index is 764. The number of carboxylic acid groups (broad SMARTS) is 1. The Balaban J connectivity index is 0.000000345. The lowest BCUT2D eigenvalue weighted by molar-refractivity contribution is -0.192. The molecule has 0 aromatic heterocycles. The summed E-state index contributed by atoms with van der Waals surface area (Å²) in [7, 11) is 3.66. The second-order valence-corrected chi connectivity index (χ2v) is 7.20. The quantitative estimate of drug-likeness (QED) is 0.832. The molecule has 2 aliphatic rings. The first-order chi connectivity index (χ1) is 13.0. The van der Waals surface area contributed by atoms with Crippen molar-refractivity contribution in [2.75, 3.05) is 33.7 Å². The standard InChI is InChI=1S/C18H24N2O.C2HF3O2/c1-4-20-11-9-18(10-12-20)13-15(17(21)19(2)3)14-7-5-6-8-16(14)18;3-2(4,5)1(6)7/h5-8,13H,4,9-12H2,1-3H3;(H,6,7). The maximum atomic E-state index is 12.5. The molecule has 1 saturated heterocycles. The molecular weight excluding hydrogens is 373 g/mol. The van der Waals surface area contributed by atoms with Crippen LogP contribution >= 0.6 is 0 Å². The normalized spacial score (nSPS) is 18.0. The maximum Gasteiger partial charge on any atom is 0.490 e. The zero-order valence-electron chi connectivity index (χ0n) is 16.2. The van der Waals surface area contributed by atoms with Gasteiger partial charge in [-0.15, -0.1) is 0 Å². The fraction of sp³-hybridized carbons (Fsp3) is 0.500. The Kier molecular flexibility index (Phi) is 6.54. The van der Waals surface area contributed by atoms with Crippen LogP contribution in [0.15, 0.2) is 30.3 Å². The molecule has 1 aliphatic carbocycles. The van der Waals surface area contributed by atoms with Gasteiger partial charge in [0.15, 0.2) is 0 Å². The van der Waals surface area contributed by atoms with Crippen molar-refractivity contribution in [3.05, 3.63) is 41.5 Å². The van der Waals surface area contributed by atoms with Crippen molar-refractivity contribution < 1.29 is 27.9 Å². The van der Waals surface area contributed by atoms with Crippen molar-refractivity contribution in [3.63, 3.8) is 0 Å². The predicted octanol–water partition coefficient (Wildman–Crippen LogP) is 3.16. The topological polar surface area (TPSA) is 60.9 Å². The van der Waals surface area contributed by atoms with Gasteiger partial charge in [0, 0.05) is 25.1 Å². The molecule has 28 heavy (non-hydrogen) atoms. The van der Waals surface area contributed by atoms with Gasteiger partial charge in [-0.3, -0.25) is 4.79 Å². The van der Waals surface area contributed by atoms with Crippen LogP contribution in [0.1, 0.15) is 30.9 Å². The van der Waals surface area contributed by atoms with Crippen LogP contribution in [0.5, 0.6) is 0 Å². The van der Waals surface area contributed by atoms with Crippen LogP contribution in [0.2, 0.25) is 0 Å². The largest absolute Gasteiger partial charge is 0.490 e. The monoisotopic (exact) mass is 398 g/mol. The molecule has 1 amide bonds. The Morgan fingerprint density at radius 2 is 1.71 bits per heavy atom. The SMILES string of the molecule is CCN1CCC2(C=C(C(=O)N(C)C)c3ccccc32)CC1.O=C(O)C(F)(F)F. The van der Waals surface area contributed by atoms with E-state index in [1.54, 1.807) is 4.90 Å². The maximum absolute atomic E-state index is 12.5. The summed E-state index contributed by atoms with van der Waals surface area (Å²) in [6.07, 6.45) is -0.600. The van der Waals surface area contributed by atoms with Gasteiger partial charge in [-0.2, -0.15) is 13.2 Å². The summed E-state index contributed by atoms with van der Waals surface area (Å²) in [5.74, 6) is -2.63. The molecule has 0 saturated carbocycles. The number of carbonyl (C=O) groups is 2. The highest BCUT2D eigenvalue weighted by molar-refractivity contribution is 6.21. The number of likely N-dealkylation sites (N-methyl/N-ethyl adjacent to an activating group) is 1. The number of aliphatic carboxylic acids is 1. The molecule has 0 radical (unpaired) electrons. The van der Waals surface area contributed by atoms with Crippen LogP contribution < -0.4 is 0 Å². The third kappa shape index (κ3) is 4.55. The fourth-order valence-electron chi connectivity index (χ4n) is 3.68. The first-order valence-electron chi connectivity index (χ1n) is 9.08. The molecule has 0 bridgehead atoms. The molecule has 0 unspecified atom stereocenters. The molecule has 154 valence electrons. The summed E-state index contributed by atoms with van der Waals surface area (Å²) in [5, 5.41) is 7.12. The van der Waals surface area contributed by atoms with Gasteiger partial charge >= 0.3 is 12.1 Å². The van der Waals surface area contributed by atoms with E-state index < -0.39 is 12.1 Å². The number of carboxylic acids is 1. The molecule has 1 N–H and O–H groups in total. The van der Waals surface area contributed by atoms with Crippen LogP contribution in [0, 0.1) is 0 Å². The summed E-state index contributed by atoms with van der Waals surface area (Å²) < 4.78 is 31.7. The van der Waals surface area contributed by atoms with Gasteiger partial charge in [0.05, 0.1) is 0 Å². The first kappa shape index (κ1) is 21.9. The molecule has 1 heterocycles. The third-order valence-corrected chi connectivity index (χ3v) is 5.25. The molecule has 1 fully saturated rings. The summed E-state index contributed by atoms with van der Waals surface area (Å²) in [5.41, 5.74) is 3.45. The number of carbonyl (C=O) groups excluding carboxylic acids is 1. The van der Waals surface area contributed by atoms with E-state index >= 15 is 0 Å². The van der Waals surface area contributed by atoms with Gasteiger partial charge in [0.25, 0.3) is 5.91 Å². The van der Waals surface area contributed by atoms with Crippen molar-refractivity contribution in [1.29, 1.82) is 0 Å². The number of amides is 1. The number of allylic oxidation sites excluding steroid dienone is 1. The second kappa shape index (κ2) is 8.34. The second-order valence-electron chi connectivity index (χ2n) is 7.20. The Morgan fingerprint density at radius 3 is 2.18 bits per heavy atom. The van der Waals surface area contributed by atoms with Gasteiger partial charge in [-0.1, -0.05) is 37.3 Å². The molecule has 3 rings (SSSR count). The molecule has 1 aromatic rings. The Morgan fingerprint density at radius 1 is 1.18 bits per heavy atom. The summed E-state index contributed by atoms with van der Waals surface area (Å²) >= 11 is 0. The van der Waals surface area contributed by atoms with E-state index in [0.717, 1.165) is 43.6 Å². The first-order valence-corrected chi connectivity index (χ1v) is 9.08. The van der Waals surface area contributed by atoms with Gasteiger partial charge in [0.1, 0.15) is 0 Å². The number of piperidine rings is 1. The van der Waals surface area contributed by atoms with E-state index in [1.165, 1.54) is 5.56 Å². The lowest BCUT2D eigenvalue weighted by atomic mass is 9.74. The van der Waals surface area contributed by atoms with Crippen LogP contribution in [0.25, 0.3) is 5.57 Å². The van der Waals surface area contributed by atoms with Crippen molar-refractivity contribution in [2.24, 2.45) is 0 Å². The van der Waals surface area contributed by atoms with Crippen LogP contribution in [-0.4, -0.2) is 66.7 Å². The highest BCUT2D eigenvalue weighted by atomic mass is 19.4. The number of nitrogens with zero attached hydrogens (tertiary/aromatic N) is 2. The number of hydrogen-bond acceptors (Lipinski definition) is 3. The van der Waals surface area contributed by atoms with E-state index in [1.807, 2.05) is 20.2 Å². The highest BCUT2D eigenvalue weighted by Crippen LogP contribution is 2.47. The van der Waals surface area contributed by atoms with Gasteiger partial charge < -0.3 is 14.9 Å². The van der Waals surface area contributed by atoms with Crippen molar-refractivity contribution >= 4 is 17.4 Å². The van der Waals surface area contributed by atoms with Crippen molar-refractivity contribution in [2.45, 2.75) is 31.4 Å². The van der Waals surface area contributed by atoms with E-state index in [9.17, 15) is 18.0 Å². The lowest BCUT2D eigenvalue weighted by Gasteiger charge is -2.38. The number of alkyl halides is 3. The van der Waals surface area contributed by atoms with Crippen LogP contribution in [-0.2, 0) is 15.0 Å².